The number of hydrogen-bond donors (Lipinski definition) is 2. The van der Waals surface area contributed by atoms with Crippen molar-refractivity contribution in [2.45, 2.75) is 11.0 Å². The zero-order chi connectivity index (χ0) is 22.0. The molecule has 0 aromatic heterocycles. The molecule has 3 aromatic rings. The number of hydrogen-bond acceptors (Lipinski definition) is 5. The van der Waals surface area contributed by atoms with Gasteiger partial charge in [0.2, 0.25) is 0 Å². The summed E-state index contributed by atoms with van der Waals surface area (Å²) in [5, 5.41) is 2.62. The number of fused-ring (bicyclic) bond motifs is 1. The van der Waals surface area contributed by atoms with Crippen LogP contribution in [0.15, 0.2) is 83.8 Å². The number of amides is 2. The van der Waals surface area contributed by atoms with Crippen LogP contribution >= 0.6 is 0 Å². The Balaban J connectivity index is 1.68. The predicted octanol–water partition coefficient (Wildman–Crippen LogP) is 2.38. The Bertz CT molecular complexity index is 1240. The molecule has 31 heavy (non-hydrogen) atoms. The number of anilines is 2. The van der Waals surface area contributed by atoms with E-state index in [4.69, 9.17) is 10.5 Å². The number of primary amides is 1. The molecule has 9 heteroatoms. The third kappa shape index (κ3) is 3.95. The van der Waals surface area contributed by atoms with Crippen LogP contribution in [0.1, 0.15) is 10.4 Å². The van der Waals surface area contributed by atoms with Gasteiger partial charge in [-0.2, -0.15) is 0 Å². The van der Waals surface area contributed by atoms with Crippen molar-refractivity contribution in [1.29, 1.82) is 0 Å². The Morgan fingerprint density at radius 2 is 1.58 bits per heavy atom. The van der Waals surface area contributed by atoms with Crippen LogP contribution in [-0.2, 0) is 14.8 Å². The Hall–Kier alpha value is -3.85. The smallest absolute Gasteiger partial charge is 0.267 e. The lowest BCUT2D eigenvalue weighted by molar-refractivity contribution is -0.122. The van der Waals surface area contributed by atoms with Crippen molar-refractivity contribution in [3.63, 3.8) is 0 Å². The highest BCUT2D eigenvalue weighted by atomic mass is 32.2. The van der Waals surface area contributed by atoms with E-state index in [1.807, 2.05) is 0 Å². The topological polar surface area (TPSA) is 119 Å². The van der Waals surface area contributed by atoms with Crippen molar-refractivity contribution in [1.82, 2.24) is 0 Å². The Morgan fingerprint density at radius 3 is 2.32 bits per heavy atom. The highest BCUT2D eigenvalue weighted by Crippen LogP contribution is 2.37. The molecule has 1 atom stereocenters. The molecule has 1 aliphatic rings. The molecule has 0 bridgehead atoms. The molecule has 0 fully saturated rings. The molecular formula is C22H19N3O5S. The van der Waals surface area contributed by atoms with Crippen LogP contribution in [0, 0.1) is 0 Å². The number of benzene rings is 3. The van der Waals surface area contributed by atoms with Crippen LogP contribution in [0.5, 0.6) is 5.75 Å². The Kier molecular flexibility index (Phi) is 5.35. The maximum absolute atomic E-state index is 13.3. The van der Waals surface area contributed by atoms with Gasteiger partial charge < -0.3 is 15.8 Å². The van der Waals surface area contributed by atoms with Gasteiger partial charge >= 0.3 is 0 Å². The highest BCUT2D eigenvalue weighted by Gasteiger charge is 2.37. The summed E-state index contributed by atoms with van der Waals surface area (Å²) in [5.41, 5.74) is 6.07. The van der Waals surface area contributed by atoms with Gasteiger partial charge in [0.05, 0.1) is 28.4 Å². The van der Waals surface area contributed by atoms with E-state index >= 15 is 0 Å². The number of nitrogens with one attached hydrogen (secondary N) is 1. The molecule has 0 aliphatic carbocycles. The lowest BCUT2D eigenvalue weighted by Gasteiger charge is -2.34. The predicted molar refractivity (Wildman–Crippen MR) is 115 cm³/mol. The van der Waals surface area contributed by atoms with Gasteiger partial charge in [0.1, 0.15) is 5.75 Å². The van der Waals surface area contributed by atoms with Crippen LogP contribution in [-0.4, -0.2) is 32.9 Å². The lowest BCUT2D eigenvalue weighted by atomic mass is 10.1. The average molecular weight is 437 g/mol. The molecular weight excluding hydrogens is 418 g/mol. The standard InChI is InChI=1S/C22H19N3O5S/c23-21(26)16-10-4-5-11-17(16)24-22(27)20-14-25(18-12-6-7-13-19(18)30-20)31(28,29)15-8-2-1-3-9-15/h1-13,20H,14H2,(H2,23,26)(H,24,27)/t20-/m0/s1. The molecule has 3 aromatic carbocycles. The minimum absolute atomic E-state index is 0.102. The summed E-state index contributed by atoms with van der Waals surface area (Å²) in [6.07, 6.45) is -1.14. The van der Waals surface area contributed by atoms with Gasteiger partial charge in [-0.3, -0.25) is 13.9 Å². The summed E-state index contributed by atoms with van der Waals surface area (Å²) in [5.74, 6) is -1.04. The normalized spacial score (nSPS) is 15.5. The quantitative estimate of drug-likeness (QED) is 0.635. The second-order valence-electron chi connectivity index (χ2n) is 6.82. The molecule has 2 amide bonds. The SMILES string of the molecule is NC(=O)c1ccccc1NC(=O)[C@@H]1CN(S(=O)(=O)c2ccccc2)c2ccccc2O1. The van der Waals surface area contributed by atoms with Crippen LogP contribution < -0.4 is 20.1 Å². The summed E-state index contributed by atoms with van der Waals surface area (Å²) in [4.78, 5) is 24.7. The minimum atomic E-state index is -3.94. The van der Waals surface area contributed by atoms with Crippen molar-refractivity contribution in [3.05, 3.63) is 84.4 Å². The Labute approximate surface area is 179 Å². The second kappa shape index (κ2) is 8.11. The van der Waals surface area contributed by atoms with Crippen LogP contribution in [0.3, 0.4) is 0 Å². The van der Waals surface area contributed by atoms with Gasteiger partial charge in [0.25, 0.3) is 21.8 Å². The largest absolute Gasteiger partial charge is 0.476 e. The van der Waals surface area contributed by atoms with E-state index < -0.39 is 27.9 Å². The van der Waals surface area contributed by atoms with E-state index in [2.05, 4.69) is 5.32 Å². The van der Waals surface area contributed by atoms with Crippen LogP contribution in [0.4, 0.5) is 11.4 Å². The molecule has 0 saturated heterocycles. The molecule has 4 rings (SSSR count). The fourth-order valence-corrected chi connectivity index (χ4v) is 4.80. The summed E-state index contributed by atoms with van der Waals surface area (Å²) in [6.45, 7) is -0.237. The third-order valence-electron chi connectivity index (χ3n) is 4.81. The molecule has 1 heterocycles. The van der Waals surface area contributed by atoms with Gasteiger partial charge in [-0.25, -0.2) is 8.42 Å². The lowest BCUT2D eigenvalue weighted by Crippen LogP contribution is -2.48. The number of carbonyl (C=O) groups excluding carboxylic acids is 2. The van der Waals surface area contributed by atoms with Gasteiger partial charge in [-0.1, -0.05) is 42.5 Å². The first kappa shape index (κ1) is 20.4. The van der Waals surface area contributed by atoms with Gasteiger partial charge in [-0.15, -0.1) is 0 Å². The van der Waals surface area contributed by atoms with Gasteiger partial charge in [0.15, 0.2) is 6.10 Å². The number of nitrogens with zero attached hydrogens (tertiary/aromatic N) is 1. The van der Waals surface area contributed by atoms with Crippen molar-refractivity contribution >= 4 is 33.2 Å². The Morgan fingerprint density at radius 1 is 0.935 bits per heavy atom. The van der Waals surface area contributed by atoms with E-state index in [-0.39, 0.29) is 28.4 Å². The van der Waals surface area contributed by atoms with E-state index in [1.54, 1.807) is 54.6 Å². The van der Waals surface area contributed by atoms with Crippen molar-refractivity contribution in [2.75, 3.05) is 16.2 Å². The van der Waals surface area contributed by atoms with E-state index in [0.29, 0.717) is 5.69 Å². The molecule has 0 saturated carbocycles. The average Bonchev–Trinajstić information content (AvgIpc) is 2.79. The van der Waals surface area contributed by atoms with Crippen LogP contribution in [0.2, 0.25) is 0 Å². The monoisotopic (exact) mass is 437 g/mol. The van der Waals surface area contributed by atoms with E-state index in [9.17, 15) is 18.0 Å². The molecule has 1 aliphatic heterocycles. The molecule has 0 radical (unpaired) electrons. The van der Waals surface area contributed by atoms with Gasteiger partial charge in [0, 0.05) is 0 Å². The fourth-order valence-electron chi connectivity index (χ4n) is 3.31. The fraction of sp³-hybridized carbons (Fsp3) is 0.0909. The molecule has 0 spiro atoms. The first-order chi connectivity index (χ1) is 14.9. The number of rotatable bonds is 5. The van der Waals surface area contributed by atoms with Crippen molar-refractivity contribution in [3.8, 4) is 5.75 Å². The van der Waals surface area contributed by atoms with Crippen molar-refractivity contribution < 1.29 is 22.7 Å². The zero-order valence-corrected chi connectivity index (χ0v) is 17.1. The number of para-hydroxylation sites is 3. The number of carbonyl (C=O) groups is 2. The second-order valence-corrected chi connectivity index (χ2v) is 8.68. The third-order valence-corrected chi connectivity index (χ3v) is 6.60. The maximum Gasteiger partial charge on any atom is 0.267 e. The molecule has 158 valence electrons. The van der Waals surface area contributed by atoms with Crippen molar-refractivity contribution in [2.24, 2.45) is 5.73 Å². The number of sulfonamides is 1. The van der Waals surface area contributed by atoms with Gasteiger partial charge in [-0.05, 0) is 36.4 Å². The first-order valence-electron chi connectivity index (χ1n) is 9.41. The summed E-state index contributed by atoms with van der Waals surface area (Å²) in [7, 11) is -3.94. The first-order valence-corrected chi connectivity index (χ1v) is 10.8. The van der Waals surface area contributed by atoms with Crippen LogP contribution in [0.25, 0.3) is 0 Å². The maximum atomic E-state index is 13.3. The summed E-state index contributed by atoms with van der Waals surface area (Å²) < 4.78 is 33.5. The number of ether oxygens (including phenoxy) is 1. The van der Waals surface area contributed by atoms with E-state index in [0.717, 1.165) is 4.31 Å². The van der Waals surface area contributed by atoms with E-state index in [1.165, 1.54) is 24.3 Å². The summed E-state index contributed by atoms with van der Waals surface area (Å²) in [6, 6.07) is 20.8. The molecule has 3 N–H and O–H groups in total. The zero-order valence-electron chi connectivity index (χ0n) is 16.3. The minimum Gasteiger partial charge on any atom is -0.476 e. The summed E-state index contributed by atoms with van der Waals surface area (Å²) >= 11 is 0. The molecule has 8 nitrogen and oxygen atoms in total. The highest BCUT2D eigenvalue weighted by molar-refractivity contribution is 7.92. The molecule has 0 unspecified atom stereocenters. The number of nitrogens with two attached hydrogens (primary N) is 1.